The lowest BCUT2D eigenvalue weighted by Crippen LogP contribution is -2.12. The van der Waals surface area contributed by atoms with Crippen LogP contribution >= 0.6 is 0 Å². The number of halogens is 2. The fourth-order valence-corrected chi connectivity index (χ4v) is 2.99. The van der Waals surface area contributed by atoms with Crippen LogP contribution in [0.2, 0.25) is 0 Å². The first kappa shape index (κ1) is 15.1. The molecule has 1 atom stereocenters. The SMILES string of the molecule is NC(=O)c1ccc(F)c(CS(=O)c2ccc(F)cc2N)c1. The molecule has 0 aliphatic rings. The molecule has 2 aromatic carbocycles. The first-order valence-electron chi connectivity index (χ1n) is 5.90. The summed E-state index contributed by atoms with van der Waals surface area (Å²) >= 11 is 0. The van der Waals surface area contributed by atoms with Crippen molar-refractivity contribution >= 4 is 22.4 Å². The van der Waals surface area contributed by atoms with E-state index in [2.05, 4.69) is 0 Å². The smallest absolute Gasteiger partial charge is 0.248 e. The molecule has 4 nitrogen and oxygen atoms in total. The highest BCUT2D eigenvalue weighted by atomic mass is 32.2. The normalized spacial score (nSPS) is 12.1. The third kappa shape index (κ3) is 3.43. The fraction of sp³-hybridized carbons (Fsp3) is 0.0714. The Morgan fingerprint density at radius 2 is 1.86 bits per heavy atom. The van der Waals surface area contributed by atoms with Gasteiger partial charge < -0.3 is 11.5 Å². The molecule has 0 saturated heterocycles. The third-order valence-corrected chi connectivity index (χ3v) is 4.27. The molecule has 4 N–H and O–H groups in total. The van der Waals surface area contributed by atoms with Crippen molar-refractivity contribution in [2.45, 2.75) is 10.6 Å². The Kier molecular flexibility index (Phi) is 4.32. The zero-order valence-corrected chi connectivity index (χ0v) is 11.6. The summed E-state index contributed by atoms with van der Waals surface area (Å²) in [6, 6.07) is 7.03. The van der Waals surface area contributed by atoms with Gasteiger partial charge in [0.25, 0.3) is 0 Å². The summed E-state index contributed by atoms with van der Waals surface area (Å²) in [6.45, 7) is 0. The van der Waals surface area contributed by atoms with Crippen LogP contribution in [0.5, 0.6) is 0 Å². The van der Waals surface area contributed by atoms with Crippen molar-refractivity contribution in [3.8, 4) is 0 Å². The zero-order chi connectivity index (χ0) is 15.6. The van der Waals surface area contributed by atoms with Crippen molar-refractivity contribution in [2.75, 3.05) is 5.73 Å². The zero-order valence-electron chi connectivity index (χ0n) is 10.8. The number of nitrogen functional groups attached to an aromatic ring is 1. The van der Waals surface area contributed by atoms with E-state index in [-0.39, 0.29) is 27.5 Å². The molecule has 2 rings (SSSR count). The minimum absolute atomic E-state index is 0.0276. The number of carbonyl (C=O) groups excluding carboxylic acids is 1. The summed E-state index contributed by atoms with van der Waals surface area (Å²) in [5, 5.41) is 0. The van der Waals surface area contributed by atoms with Crippen LogP contribution in [0.1, 0.15) is 15.9 Å². The second kappa shape index (κ2) is 6.01. The quantitative estimate of drug-likeness (QED) is 0.846. The van der Waals surface area contributed by atoms with Crippen molar-refractivity contribution < 1.29 is 17.8 Å². The first-order valence-corrected chi connectivity index (χ1v) is 7.22. The number of rotatable bonds is 4. The molecule has 0 radical (unpaired) electrons. The second-order valence-electron chi connectivity index (χ2n) is 4.34. The molecule has 1 amide bonds. The predicted molar refractivity (Wildman–Crippen MR) is 75.8 cm³/mol. The minimum atomic E-state index is -1.67. The largest absolute Gasteiger partial charge is 0.398 e. The Morgan fingerprint density at radius 1 is 1.14 bits per heavy atom. The molecule has 0 aliphatic carbocycles. The summed E-state index contributed by atoms with van der Waals surface area (Å²) in [5.74, 6) is -2.05. The van der Waals surface area contributed by atoms with Crippen LogP contribution < -0.4 is 11.5 Å². The summed E-state index contributed by atoms with van der Waals surface area (Å²) < 4.78 is 38.9. The molecule has 0 fully saturated rings. The van der Waals surface area contributed by atoms with Gasteiger partial charge in [0.15, 0.2) is 0 Å². The fourth-order valence-electron chi connectivity index (χ4n) is 1.78. The van der Waals surface area contributed by atoms with Gasteiger partial charge in [0.1, 0.15) is 11.6 Å². The van der Waals surface area contributed by atoms with Gasteiger partial charge in [0.05, 0.1) is 27.1 Å². The lowest BCUT2D eigenvalue weighted by atomic mass is 10.1. The maximum absolute atomic E-state index is 13.7. The Morgan fingerprint density at radius 3 is 2.48 bits per heavy atom. The number of nitrogens with two attached hydrogens (primary N) is 2. The number of amides is 1. The van der Waals surface area contributed by atoms with E-state index in [9.17, 15) is 17.8 Å². The molecule has 0 bridgehead atoms. The number of benzene rings is 2. The van der Waals surface area contributed by atoms with E-state index in [1.54, 1.807) is 0 Å². The Hall–Kier alpha value is -2.28. The van der Waals surface area contributed by atoms with E-state index in [1.165, 1.54) is 18.2 Å². The average Bonchev–Trinajstić information content (AvgIpc) is 2.40. The lowest BCUT2D eigenvalue weighted by molar-refractivity contribution is 0.1000. The van der Waals surface area contributed by atoms with Gasteiger partial charge in [0, 0.05) is 11.1 Å². The van der Waals surface area contributed by atoms with Gasteiger partial charge in [-0.2, -0.15) is 0 Å². The molecule has 21 heavy (non-hydrogen) atoms. The van der Waals surface area contributed by atoms with E-state index < -0.39 is 28.3 Å². The lowest BCUT2D eigenvalue weighted by Gasteiger charge is -2.08. The van der Waals surface area contributed by atoms with E-state index >= 15 is 0 Å². The summed E-state index contributed by atoms with van der Waals surface area (Å²) in [4.78, 5) is 11.3. The van der Waals surface area contributed by atoms with Crippen LogP contribution in [0, 0.1) is 11.6 Å². The maximum atomic E-state index is 13.7. The average molecular weight is 310 g/mol. The molecular weight excluding hydrogens is 298 g/mol. The highest BCUT2D eigenvalue weighted by molar-refractivity contribution is 7.84. The molecule has 110 valence electrons. The monoisotopic (exact) mass is 310 g/mol. The van der Waals surface area contributed by atoms with Crippen LogP contribution in [0.25, 0.3) is 0 Å². The first-order chi connectivity index (χ1) is 9.88. The Balaban J connectivity index is 2.31. The van der Waals surface area contributed by atoms with Crippen LogP contribution in [0.4, 0.5) is 14.5 Å². The Bertz CT molecular complexity index is 735. The van der Waals surface area contributed by atoms with Crippen molar-refractivity contribution in [2.24, 2.45) is 5.73 Å². The van der Waals surface area contributed by atoms with Crippen molar-refractivity contribution in [1.29, 1.82) is 0 Å². The summed E-state index contributed by atoms with van der Waals surface area (Å²) in [7, 11) is -1.67. The van der Waals surface area contributed by atoms with E-state index in [4.69, 9.17) is 11.5 Å². The molecule has 0 saturated carbocycles. The minimum Gasteiger partial charge on any atom is -0.398 e. The van der Waals surface area contributed by atoms with E-state index in [0.717, 1.165) is 18.2 Å². The van der Waals surface area contributed by atoms with Crippen molar-refractivity contribution in [1.82, 2.24) is 0 Å². The molecule has 0 spiro atoms. The standard InChI is InChI=1S/C14H12F2N2O2S/c15-10-2-4-13(12(17)6-10)21(20)7-9-5-8(14(18)19)1-3-11(9)16/h1-6H,7,17H2,(H2,18,19). The number of hydrogen-bond acceptors (Lipinski definition) is 3. The van der Waals surface area contributed by atoms with Crippen LogP contribution in [0.15, 0.2) is 41.3 Å². The van der Waals surface area contributed by atoms with Gasteiger partial charge in [-0.25, -0.2) is 8.78 Å². The van der Waals surface area contributed by atoms with Gasteiger partial charge in [0.2, 0.25) is 5.91 Å². The molecule has 2 aromatic rings. The molecule has 0 heterocycles. The van der Waals surface area contributed by atoms with Crippen LogP contribution in [0.3, 0.4) is 0 Å². The van der Waals surface area contributed by atoms with Crippen LogP contribution in [-0.2, 0) is 16.6 Å². The Labute approximate surface area is 122 Å². The predicted octanol–water partition coefficient (Wildman–Crippen LogP) is 1.95. The topological polar surface area (TPSA) is 86.2 Å². The summed E-state index contributed by atoms with van der Waals surface area (Å²) in [6.07, 6.45) is 0. The van der Waals surface area contributed by atoms with E-state index in [0.29, 0.717) is 0 Å². The molecule has 1 unspecified atom stereocenters. The van der Waals surface area contributed by atoms with Gasteiger partial charge in [-0.15, -0.1) is 0 Å². The third-order valence-electron chi connectivity index (χ3n) is 2.83. The van der Waals surface area contributed by atoms with Crippen molar-refractivity contribution in [3.05, 3.63) is 59.2 Å². The molecule has 7 heteroatoms. The van der Waals surface area contributed by atoms with Gasteiger partial charge in [-0.1, -0.05) is 0 Å². The highest BCUT2D eigenvalue weighted by Crippen LogP contribution is 2.22. The number of hydrogen-bond donors (Lipinski definition) is 2. The number of primary amides is 1. The van der Waals surface area contributed by atoms with Gasteiger partial charge >= 0.3 is 0 Å². The highest BCUT2D eigenvalue weighted by Gasteiger charge is 2.14. The number of carbonyl (C=O) groups is 1. The summed E-state index contributed by atoms with van der Waals surface area (Å²) in [5.41, 5.74) is 10.9. The van der Waals surface area contributed by atoms with Crippen LogP contribution in [-0.4, -0.2) is 10.1 Å². The van der Waals surface area contributed by atoms with E-state index in [1.807, 2.05) is 0 Å². The molecule has 0 aliphatic heterocycles. The second-order valence-corrected chi connectivity index (χ2v) is 5.76. The van der Waals surface area contributed by atoms with Gasteiger partial charge in [-0.05, 0) is 36.4 Å². The molecular formula is C14H12F2N2O2S. The van der Waals surface area contributed by atoms with Crippen molar-refractivity contribution in [3.63, 3.8) is 0 Å². The maximum Gasteiger partial charge on any atom is 0.248 e. The number of anilines is 1. The van der Waals surface area contributed by atoms with Gasteiger partial charge in [-0.3, -0.25) is 9.00 Å². The molecule has 0 aromatic heterocycles.